The number of fused-ring (bicyclic) bond motifs is 1. The van der Waals surface area contributed by atoms with E-state index in [2.05, 4.69) is 21.2 Å². The standard InChI is InChI=1S/C19H19BrN2O5S/c1-3-27-18(24)15-12-8-9-22(19(25)26-2)10-14(12)28-17(15)21-16(23)11-6-4-5-7-13(11)20/h4-7H,3,8-10H2,1-2H3,(H,21,23). The van der Waals surface area contributed by atoms with E-state index >= 15 is 0 Å². The molecule has 0 fully saturated rings. The van der Waals surface area contributed by atoms with E-state index in [9.17, 15) is 14.4 Å². The molecule has 1 aliphatic heterocycles. The van der Waals surface area contributed by atoms with Gasteiger partial charge in [0.15, 0.2) is 0 Å². The summed E-state index contributed by atoms with van der Waals surface area (Å²) >= 11 is 4.64. The molecule has 28 heavy (non-hydrogen) atoms. The summed E-state index contributed by atoms with van der Waals surface area (Å²) in [5.74, 6) is -0.810. The van der Waals surface area contributed by atoms with Gasteiger partial charge in [0.05, 0.1) is 31.4 Å². The summed E-state index contributed by atoms with van der Waals surface area (Å²) in [6.45, 7) is 2.72. The summed E-state index contributed by atoms with van der Waals surface area (Å²) in [5.41, 5.74) is 1.64. The van der Waals surface area contributed by atoms with Crippen molar-refractivity contribution in [1.29, 1.82) is 0 Å². The van der Waals surface area contributed by atoms with Gasteiger partial charge < -0.3 is 19.7 Å². The Labute approximate surface area is 174 Å². The lowest BCUT2D eigenvalue weighted by Crippen LogP contribution is -2.35. The lowest BCUT2D eigenvalue weighted by Gasteiger charge is -2.25. The first kappa shape index (κ1) is 20.3. The van der Waals surface area contributed by atoms with Crippen LogP contribution >= 0.6 is 27.3 Å². The van der Waals surface area contributed by atoms with E-state index in [4.69, 9.17) is 9.47 Å². The molecule has 0 radical (unpaired) electrons. The fraction of sp³-hybridized carbons (Fsp3) is 0.316. The Morgan fingerprint density at radius 1 is 1.29 bits per heavy atom. The summed E-state index contributed by atoms with van der Waals surface area (Å²) in [6, 6.07) is 7.04. The molecule has 2 amide bonds. The molecule has 1 aromatic carbocycles. The number of carbonyl (C=O) groups is 3. The normalized spacial score (nSPS) is 12.9. The Morgan fingerprint density at radius 3 is 2.71 bits per heavy atom. The molecular weight excluding hydrogens is 448 g/mol. The van der Waals surface area contributed by atoms with Crippen molar-refractivity contribution in [3.8, 4) is 0 Å². The van der Waals surface area contributed by atoms with Crippen LogP contribution in [0.25, 0.3) is 0 Å². The van der Waals surface area contributed by atoms with Crippen LogP contribution in [0.3, 0.4) is 0 Å². The predicted octanol–water partition coefficient (Wildman–Crippen LogP) is 4.06. The summed E-state index contributed by atoms with van der Waals surface area (Å²) in [7, 11) is 1.33. The summed E-state index contributed by atoms with van der Waals surface area (Å²) in [5, 5.41) is 3.26. The van der Waals surface area contributed by atoms with Crippen molar-refractivity contribution in [3.63, 3.8) is 0 Å². The number of amides is 2. The van der Waals surface area contributed by atoms with E-state index in [1.54, 1.807) is 30.0 Å². The predicted molar refractivity (Wildman–Crippen MR) is 109 cm³/mol. The molecule has 7 nitrogen and oxygen atoms in total. The van der Waals surface area contributed by atoms with Crippen LogP contribution in [0.5, 0.6) is 0 Å². The first-order valence-corrected chi connectivity index (χ1v) is 10.3. The molecule has 0 saturated carbocycles. The van der Waals surface area contributed by atoms with Crippen LogP contribution in [0, 0.1) is 0 Å². The van der Waals surface area contributed by atoms with Crippen LogP contribution in [0.4, 0.5) is 9.80 Å². The fourth-order valence-corrected chi connectivity index (χ4v) is 4.72. The van der Waals surface area contributed by atoms with E-state index < -0.39 is 12.1 Å². The van der Waals surface area contributed by atoms with Crippen LogP contribution in [0.1, 0.15) is 38.1 Å². The highest BCUT2D eigenvalue weighted by atomic mass is 79.9. The molecule has 0 spiro atoms. The van der Waals surface area contributed by atoms with Crippen molar-refractivity contribution >= 4 is 50.2 Å². The molecule has 3 rings (SSSR count). The van der Waals surface area contributed by atoms with E-state index in [1.165, 1.54) is 18.4 Å². The van der Waals surface area contributed by atoms with Crippen molar-refractivity contribution in [3.05, 3.63) is 50.3 Å². The lowest BCUT2D eigenvalue weighted by molar-refractivity contribution is 0.0526. The zero-order chi connectivity index (χ0) is 20.3. The van der Waals surface area contributed by atoms with Crippen LogP contribution in [0.15, 0.2) is 28.7 Å². The summed E-state index contributed by atoms with van der Waals surface area (Å²) in [4.78, 5) is 39.5. The topological polar surface area (TPSA) is 84.9 Å². The van der Waals surface area contributed by atoms with E-state index in [1.807, 2.05) is 6.07 Å². The molecule has 0 aliphatic carbocycles. The molecule has 0 atom stereocenters. The molecule has 148 valence electrons. The number of thiophene rings is 1. The Hall–Kier alpha value is -2.39. The number of esters is 1. The van der Waals surface area contributed by atoms with Gasteiger partial charge in [-0.1, -0.05) is 12.1 Å². The van der Waals surface area contributed by atoms with Gasteiger partial charge in [0.1, 0.15) is 5.00 Å². The van der Waals surface area contributed by atoms with Crippen molar-refractivity contribution in [2.45, 2.75) is 19.9 Å². The zero-order valence-corrected chi connectivity index (χ0v) is 17.8. The maximum atomic E-state index is 12.7. The third-order valence-corrected chi connectivity index (χ3v) is 6.14. The average Bonchev–Trinajstić information content (AvgIpc) is 3.04. The maximum Gasteiger partial charge on any atom is 0.409 e. The van der Waals surface area contributed by atoms with Crippen LogP contribution < -0.4 is 5.32 Å². The molecule has 2 heterocycles. The minimum atomic E-state index is -0.478. The number of anilines is 1. The highest BCUT2D eigenvalue weighted by molar-refractivity contribution is 9.10. The second-order valence-electron chi connectivity index (χ2n) is 6.00. The number of methoxy groups -OCH3 is 1. The number of benzene rings is 1. The van der Waals surface area contributed by atoms with Crippen LogP contribution in [-0.2, 0) is 22.4 Å². The largest absolute Gasteiger partial charge is 0.462 e. The van der Waals surface area contributed by atoms with Crippen molar-refractivity contribution in [2.75, 3.05) is 25.6 Å². The van der Waals surface area contributed by atoms with E-state index in [0.717, 1.165) is 10.4 Å². The molecule has 2 aromatic rings. The molecule has 0 saturated heterocycles. The van der Waals surface area contributed by atoms with Crippen LogP contribution in [-0.4, -0.2) is 43.1 Å². The second kappa shape index (κ2) is 8.74. The fourth-order valence-electron chi connectivity index (χ4n) is 3.01. The minimum absolute atomic E-state index is 0.232. The van der Waals surface area contributed by atoms with E-state index in [0.29, 0.717) is 40.1 Å². The number of hydrogen-bond donors (Lipinski definition) is 1. The van der Waals surface area contributed by atoms with Gasteiger partial charge in [-0.25, -0.2) is 9.59 Å². The zero-order valence-electron chi connectivity index (χ0n) is 15.4. The van der Waals surface area contributed by atoms with Gasteiger partial charge >= 0.3 is 12.1 Å². The number of halogens is 1. The Morgan fingerprint density at radius 2 is 2.04 bits per heavy atom. The number of carbonyl (C=O) groups excluding carboxylic acids is 3. The number of nitrogens with zero attached hydrogens (tertiary/aromatic N) is 1. The second-order valence-corrected chi connectivity index (χ2v) is 7.96. The molecule has 9 heteroatoms. The molecule has 1 N–H and O–H groups in total. The maximum absolute atomic E-state index is 12.7. The van der Waals surface area contributed by atoms with Gasteiger partial charge in [0, 0.05) is 15.9 Å². The monoisotopic (exact) mass is 466 g/mol. The first-order valence-electron chi connectivity index (χ1n) is 8.66. The third-order valence-electron chi connectivity index (χ3n) is 4.31. The number of rotatable bonds is 4. The molecule has 0 bridgehead atoms. The Bertz CT molecular complexity index is 927. The molecule has 1 aliphatic rings. The van der Waals surface area contributed by atoms with Crippen molar-refractivity contribution < 1.29 is 23.9 Å². The SMILES string of the molecule is CCOC(=O)c1c(NC(=O)c2ccccc2Br)sc2c1CCN(C(=O)OC)C2. The Kier molecular flexibility index (Phi) is 6.35. The quantitative estimate of drug-likeness (QED) is 0.686. The van der Waals surface area contributed by atoms with E-state index in [-0.39, 0.29) is 12.5 Å². The number of hydrogen-bond acceptors (Lipinski definition) is 6. The number of nitrogens with one attached hydrogen (secondary N) is 1. The van der Waals surface area contributed by atoms with Gasteiger partial charge in [-0.3, -0.25) is 4.79 Å². The molecular formula is C19H19BrN2O5S. The van der Waals surface area contributed by atoms with Gasteiger partial charge in [-0.2, -0.15) is 0 Å². The number of ether oxygens (including phenoxy) is 2. The van der Waals surface area contributed by atoms with Crippen LogP contribution in [0.2, 0.25) is 0 Å². The van der Waals surface area contributed by atoms with Crippen molar-refractivity contribution in [2.24, 2.45) is 0 Å². The average molecular weight is 467 g/mol. The van der Waals surface area contributed by atoms with Gasteiger partial charge in [-0.05, 0) is 47.0 Å². The summed E-state index contributed by atoms with van der Waals surface area (Å²) in [6.07, 6.45) is 0.0653. The molecule has 0 unspecified atom stereocenters. The minimum Gasteiger partial charge on any atom is -0.462 e. The summed E-state index contributed by atoms with van der Waals surface area (Å²) < 4.78 is 10.6. The first-order chi connectivity index (χ1) is 13.5. The van der Waals surface area contributed by atoms with Crippen molar-refractivity contribution in [1.82, 2.24) is 4.90 Å². The molecule has 1 aromatic heterocycles. The Balaban J connectivity index is 1.95. The highest BCUT2D eigenvalue weighted by Crippen LogP contribution is 2.38. The lowest BCUT2D eigenvalue weighted by atomic mass is 10.0. The highest BCUT2D eigenvalue weighted by Gasteiger charge is 2.31. The smallest absolute Gasteiger partial charge is 0.409 e. The van der Waals surface area contributed by atoms with Gasteiger partial charge in [0.25, 0.3) is 5.91 Å². The third kappa shape index (κ3) is 4.05. The van der Waals surface area contributed by atoms with Gasteiger partial charge in [-0.15, -0.1) is 11.3 Å². The van der Waals surface area contributed by atoms with Gasteiger partial charge in [0.2, 0.25) is 0 Å².